The largest absolute Gasteiger partial charge is 0.392 e. The van der Waals surface area contributed by atoms with Crippen molar-refractivity contribution in [3.63, 3.8) is 0 Å². The van der Waals surface area contributed by atoms with Crippen LogP contribution in [-0.4, -0.2) is 52.3 Å². The van der Waals surface area contributed by atoms with Gasteiger partial charge in [-0.05, 0) is 44.4 Å². The molecule has 1 aliphatic rings. The lowest BCUT2D eigenvalue weighted by Crippen LogP contribution is -2.35. The maximum absolute atomic E-state index is 12.9. The molecular weight excluding hydrogens is 416 g/mol. The van der Waals surface area contributed by atoms with Gasteiger partial charge >= 0.3 is 0 Å². The van der Waals surface area contributed by atoms with Crippen LogP contribution in [-0.2, 0) is 17.8 Å². The standard InChI is InChI=1S/C22H28N4O4S/c1-13(28)9-26(10-14(2)29)11-15-4-3-5-16(8-15)21(30)24-22-20(25-23)19-17(12-27)6-7-18(19)31-22/h3-5,8,13-14,25,28-29H,6-7,9-11,23H2,1-2H3,(H,24,30). The van der Waals surface area contributed by atoms with E-state index in [0.717, 1.165) is 22.4 Å². The van der Waals surface area contributed by atoms with Crippen LogP contribution in [0.15, 0.2) is 24.3 Å². The molecule has 1 amide bonds. The molecule has 0 saturated heterocycles. The van der Waals surface area contributed by atoms with E-state index in [4.69, 9.17) is 5.84 Å². The molecule has 166 valence electrons. The highest BCUT2D eigenvalue weighted by Gasteiger charge is 2.27. The summed E-state index contributed by atoms with van der Waals surface area (Å²) in [6.45, 7) is 4.73. The van der Waals surface area contributed by atoms with Crippen molar-refractivity contribution in [3.05, 3.63) is 45.8 Å². The van der Waals surface area contributed by atoms with Gasteiger partial charge in [0, 0.05) is 41.2 Å². The van der Waals surface area contributed by atoms with Crippen LogP contribution in [0.2, 0.25) is 0 Å². The highest BCUT2D eigenvalue weighted by molar-refractivity contribution is 7.17. The van der Waals surface area contributed by atoms with E-state index in [-0.39, 0.29) is 5.91 Å². The first-order valence-corrected chi connectivity index (χ1v) is 11.0. The zero-order chi connectivity index (χ0) is 22.5. The van der Waals surface area contributed by atoms with Crippen molar-refractivity contribution in [2.45, 2.75) is 45.4 Å². The van der Waals surface area contributed by atoms with Gasteiger partial charge in [0.2, 0.25) is 0 Å². The number of nitrogen functional groups attached to an aromatic ring is 1. The van der Waals surface area contributed by atoms with E-state index in [1.165, 1.54) is 11.3 Å². The Bertz CT molecular complexity index is 985. The molecule has 1 aliphatic carbocycles. The smallest absolute Gasteiger partial charge is 0.256 e. The average Bonchev–Trinajstić information content (AvgIpc) is 3.25. The Hall–Kier alpha value is -2.52. The normalized spacial score (nSPS) is 14.8. The maximum Gasteiger partial charge on any atom is 0.256 e. The lowest BCUT2D eigenvalue weighted by molar-refractivity contribution is 0.0793. The number of nitrogens with one attached hydrogen (secondary N) is 2. The second-order valence-corrected chi connectivity index (χ2v) is 8.98. The zero-order valence-corrected chi connectivity index (χ0v) is 18.5. The Morgan fingerprint density at radius 2 is 1.97 bits per heavy atom. The number of allylic oxidation sites excluding steroid dienone is 1. The molecule has 31 heavy (non-hydrogen) atoms. The van der Waals surface area contributed by atoms with Gasteiger partial charge in [-0.25, -0.2) is 4.79 Å². The number of hydrogen-bond acceptors (Lipinski definition) is 8. The number of aryl methyl sites for hydroxylation is 1. The molecule has 0 fully saturated rings. The van der Waals surface area contributed by atoms with Crippen molar-refractivity contribution >= 4 is 39.4 Å². The number of aliphatic hydroxyl groups excluding tert-OH is 2. The van der Waals surface area contributed by atoms with Crippen LogP contribution in [0.1, 0.15) is 46.6 Å². The van der Waals surface area contributed by atoms with Crippen LogP contribution < -0.4 is 16.6 Å². The third kappa shape index (κ3) is 5.59. The second kappa shape index (κ2) is 10.2. The van der Waals surface area contributed by atoms with E-state index in [9.17, 15) is 19.8 Å². The van der Waals surface area contributed by atoms with Gasteiger partial charge in [0.25, 0.3) is 5.91 Å². The van der Waals surface area contributed by atoms with Gasteiger partial charge in [-0.15, -0.1) is 11.3 Å². The minimum absolute atomic E-state index is 0.285. The minimum Gasteiger partial charge on any atom is -0.392 e. The highest BCUT2D eigenvalue weighted by atomic mass is 32.1. The lowest BCUT2D eigenvalue weighted by atomic mass is 10.1. The second-order valence-electron chi connectivity index (χ2n) is 7.88. The number of aliphatic hydroxyl groups is 2. The number of nitrogens with two attached hydrogens (primary N) is 1. The zero-order valence-electron chi connectivity index (χ0n) is 17.6. The summed E-state index contributed by atoms with van der Waals surface area (Å²) in [4.78, 5) is 27.1. The van der Waals surface area contributed by atoms with E-state index in [1.54, 1.807) is 32.0 Å². The molecule has 0 aliphatic heterocycles. The molecule has 9 heteroatoms. The first-order chi connectivity index (χ1) is 14.8. The number of carbonyl (C=O) groups is 1. The fourth-order valence-electron chi connectivity index (χ4n) is 3.86. The topological polar surface area (TPSA) is 128 Å². The summed E-state index contributed by atoms with van der Waals surface area (Å²) in [5.74, 6) is 7.36. The van der Waals surface area contributed by atoms with Gasteiger partial charge in [-0.3, -0.25) is 15.5 Å². The number of rotatable bonds is 9. The third-order valence-electron chi connectivity index (χ3n) is 5.02. The summed E-state index contributed by atoms with van der Waals surface area (Å²) in [5.41, 5.74) is 5.85. The number of carbonyl (C=O) groups excluding carboxylic acids is 2. The highest BCUT2D eigenvalue weighted by Crippen LogP contribution is 2.46. The van der Waals surface area contributed by atoms with E-state index < -0.39 is 12.2 Å². The molecule has 1 aromatic heterocycles. The Labute approximate surface area is 185 Å². The molecule has 8 nitrogen and oxygen atoms in total. The summed E-state index contributed by atoms with van der Waals surface area (Å²) < 4.78 is 0. The van der Waals surface area contributed by atoms with Crippen LogP contribution in [0.3, 0.4) is 0 Å². The molecule has 1 aromatic carbocycles. The molecular formula is C22H28N4O4S. The van der Waals surface area contributed by atoms with Gasteiger partial charge < -0.3 is 21.0 Å². The van der Waals surface area contributed by atoms with E-state index in [2.05, 4.69) is 10.7 Å². The van der Waals surface area contributed by atoms with Crippen molar-refractivity contribution in [3.8, 4) is 0 Å². The Morgan fingerprint density at radius 3 is 2.58 bits per heavy atom. The van der Waals surface area contributed by atoms with Gasteiger partial charge in [-0.2, -0.15) is 0 Å². The van der Waals surface area contributed by atoms with E-state index in [0.29, 0.717) is 47.9 Å². The van der Waals surface area contributed by atoms with Crippen LogP contribution >= 0.6 is 11.3 Å². The van der Waals surface area contributed by atoms with Crippen LogP contribution in [0.4, 0.5) is 10.7 Å². The van der Waals surface area contributed by atoms with Crippen molar-refractivity contribution in [1.29, 1.82) is 0 Å². The molecule has 2 unspecified atom stereocenters. The van der Waals surface area contributed by atoms with Crippen molar-refractivity contribution in [2.75, 3.05) is 23.8 Å². The van der Waals surface area contributed by atoms with Crippen molar-refractivity contribution in [1.82, 2.24) is 4.90 Å². The number of hydrazine groups is 1. The summed E-state index contributed by atoms with van der Waals surface area (Å²) in [5, 5.41) is 22.9. The van der Waals surface area contributed by atoms with Gasteiger partial charge in [-0.1, -0.05) is 12.1 Å². The fraction of sp³-hybridized carbons (Fsp3) is 0.409. The van der Waals surface area contributed by atoms with Crippen LogP contribution in [0.5, 0.6) is 0 Å². The number of hydrogen-bond donors (Lipinski definition) is 5. The lowest BCUT2D eigenvalue weighted by Gasteiger charge is -2.25. The minimum atomic E-state index is -0.529. The number of anilines is 2. The molecule has 0 spiro atoms. The third-order valence-corrected chi connectivity index (χ3v) is 6.18. The quantitative estimate of drug-likeness (QED) is 0.227. The molecule has 0 saturated carbocycles. The summed E-state index contributed by atoms with van der Waals surface area (Å²) in [6, 6.07) is 7.22. The summed E-state index contributed by atoms with van der Waals surface area (Å²) >= 11 is 1.41. The maximum atomic E-state index is 12.9. The van der Waals surface area contributed by atoms with E-state index in [1.807, 2.05) is 16.9 Å². The summed E-state index contributed by atoms with van der Waals surface area (Å²) in [6.07, 6.45) is 0.301. The monoisotopic (exact) mass is 444 g/mol. The number of thiophene rings is 1. The van der Waals surface area contributed by atoms with Crippen LogP contribution in [0, 0.1) is 0 Å². The predicted octanol–water partition coefficient (Wildman–Crippen LogP) is 2.01. The molecule has 6 N–H and O–H groups in total. The molecule has 0 radical (unpaired) electrons. The van der Waals surface area contributed by atoms with Crippen molar-refractivity contribution in [2.24, 2.45) is 5.84 Å². The van der Waals surface area contributed by atoms with E-state index >= 15 is 0 Å². The Morgan fingerprint density at radius 1 is 1.26 bits per heavy atom. The Balaban J connectivity index is 1.77. The molecule has 3 rings (SSSR count). The van der Waals surface area contributed by atoms with Gasteiger partial charge in [0.1, 0.15) is 10.9 Å². The van der Waals surface area contributed by atoms with Crippen LogP contribution in [0.25, 0.3) is 5.57 Å². The first-order valence-electron chi connectivity index (χ1n) is 10.2. The number of benzene rings is 1. The SMILES string of the molecule is CC(O)CN(Cc1cccc(C(=O)Nc2sc3c(c2NN)C(=C=O)CC3)c1)CC(C)O. The van der Waals surface area contributed by atoms with Gasteiger partial charge in [0.05, 0.1) is 17.9 Å². The molecule has 1 heterocycles. The Kier molecular flexibility index (Phi) is 7.61. The average molecular weight is 445 g/mol. The molecule has 2 atom stereocenters. The van der Waals surface area contributed by atoms with Gasteiger partial charge in [0.15, 0.2) is 0 Å². The first kappa shape index (κ1) is 23.1. The fourth-order valence-corrected chi connectivity index (χ4v) is 5.04. The number of amides is 1. The number of fused-ring (bicyclic) bond motifs is 1. The number of nitrogens with zero attached hydrogens (tertiary/aromatic N) is 1. The summed E-state index contributed by atoms with van der Waals surface area (Å²) in [7, 11) is 0. The molecule has 0 bridgehead atoms. The predicted molar refractivity (Wildman–Crippen MR) is 123 cm³/mol. The molecule has 2 aromatic rings. The van der Waals surface area contributed by atoms with Crippen molar-refractivity contribution < 1.29 is 19.8 Å².